The third-order valence-electron chi connectivity index (χ3n) is 3.39. The Morgan fingerprint density at radius 2 is 1.96 bits per heavy atom. The predicted octanol–water partition coefficient (Wildman–Crippen LogP) is 2.45. The first-order valence-electron chi connectivity index (χ1n) is 7.08. The number of rotatable bonds is 6. The molecule has 1 amide bonds. The molecule has 2 aromatic carbocycles. The largest absolute Gasteiger partial charge is 0.504 e. The maximum Gasteiger partial charge on any atom is 0.253 e. The first-order valence-corrected chi connectivity index (χ1v) is 7.46. The van der Waals surface area contributed by atoms with Gasteiger partial charge >= 0.3 is 0 Å². The number of phenolic OH excluding ortho intramolecular Hbond substituents is 1. The standard InChI is InChI=1S/C17H18ClNO4/c1-23-15-10-11(2-7-14(15)20)8-9-19-17(22)16(21)12-3-5-13(18)6-4-12/h2-7,10,16,20-21H,8-9H2,1H3,(H,19,22). The van der Waals surface area contributed by atoms with Gasteiger partial charge in [-0.05, 0) is 41.8 Å². The molecule has 1 unspecified atom stereocenters. The van der Waals surface area contributed by atoms with Crippen LogP contribution < -0.4 is 10.1 Å². The summed E-state index contributed by atoms with van der Waals surface area (Å²) >= 11 is 5.77. The first-order chi connectivity index (χ1) is 11.0. The molecule has 5 nitrogen and oxygen atoms in total. The highest BCUT2D eigenvalue weighted by Gasteiger charge is 2.16. The molecule has 3 N–H and O–H groups in total. The van der Waals surface area contributed by atoms with E-state index >= 15 is 0 Å². The number of hydrogen-bond acceptors (Lipinski definition) is 4. The lowest BCUT2D eigenvalue weighted by molar-refractivity contribution is -0.129. The minimum absolute atomic E-state index is 0.0680. The monoisotopic (exact) mass is 335 g/mol. The van der Waals surface area contributed by atoms with Gasteiger partial charge in [0.05, 0.1) is 7.11 Å². The van der Waals surface area contributed by atoms with Gasteiger partial charge in [-0.3, -0.25) is 4.79 Å². The van der Waals surface area contributed by atoms with E-state index in [1.54, 1.807) is 42.5 Å². The Hall–Kier alpha value is -2.24. The molecule has 0 saturated carbocycles. The number of aromatic hydroxyl groups is 1. The predicted molar refractivity (Wildman–Crippen MR) is 87.8 cm³/mol. The smallest absolute Gasteiger partial charge is 0.253 e. The number of aliphatic hydroxyl groups excluding tert-OH is 1. The van der Waals surface area contributed by atoms with Crippen LogP contribution in [0.3, 0.4) is 0 Å². The van der Waals surface area contributed by atoms with Crippen LogP contribution in [0.4, 0.5) is 0 Å². The van der Waals surface area contributed by atoms with Gasteiger partial charge in [-0.25, -0.2) is 0 Å². The lowest BCUT2D eigenvalue weighted by atomic mass is 10.1. The van der Waals surface area contributed by atoms with Crippen LogP contribution >= 0.6 is 11.6 Å². The molecular formula is C17H18ClNO4. The fourth-order valence-electron chi connectivity index (χ4n) is 2.10. The summed E-state index contributed by atoms with van der Waals surface area (Å²) in [4.78, 5) is 11.9. The molecule has 0 spiro atoms. The highest BCUT2D eigenvalue weighted by Crippen LogP contribution is 2.26. The number of carbonyl (C=O) groups excluding carboxylic acids is 1. The van der Waals surface area contributed by atoms with Gasteiger partial charge in [-0.2, -0.15) is 0 Å². The molecule has 0 radical (unpaired) electrons. The Labute approximate surface area is 139 Å². The molecule has 0 aliphatic rings. The molecule has 2 rings (SSSR count). The molecule has 0 aliphatic carbocycles. The van der Waals surface area contributed by atoms with Crippen molar-refractivity contribution in [3.05, 3.63) is 58.6 Å². The Balaban J connectivity index is 1.88. The van der Waals surface area contributed by atoms with E-state index in [1.165, 1.54) is 7.11 Å². The fraction of sp³-hybridized carbons (Fsp3) is 0.235. The molecule has 2 aromatic rings. The zero-order valence-corrected chi connectivity index (χ0v) is 13.4. The van der Waals surface area contributed by atoms with Crippen LogP contribution in [0.1, 0.15) is 17.2 Å². The van der Waals surface area contributed by atoms with Crippen molar-refractivity contribution in [1.29, 1.82) is 0 Å². The summed E-state index contributed by atoms with van der Waals surface area (Å²) in [6.07, 6.45) is -0.683. The maximum atomic E-state index is 11.9. The van der Waals surface area contributed by atoms with Crippen molar-refractivity contribution in [2.24, 2.45) is 0 Å². The van der Waals surface area contributed by atoms with Gasteiger partial charge in [0.1, 0.15) is 0 Å². The van der Waals surface area contributed by atoms with Gasteiger partial charge in [0.25, 0.3) is 5.91 Å². The third-order valence-corrected chi connectivity index (χ3v) is 3.64. The molecule has 0 bridgehead atoms. The fourth-order valence-corrected chi connectivity index (χ4v) is 2.23. The Morgan fingerprint density at radius 1 is 1.26 bits per heavy atom. The van der Waals surface area contributed by atoms with Gasteiger partial charge in [-0.1, -0.05) is 29.8 Å². The van der Waals surface area contributed by atoms with Crippen molar-refractivity contribution < 1.29 is 19.7 Å². The number of halogens is 1. The molecule has 1 atom stereocenters. The number of carbonyl (C=O) groups is 1. The van der Waals surface area contributed by atoms with Crippen LogP contribution in [-0.2, 0) is 11.2 Å². The van der Waals surface area contributed by atoms with Gasteiger partial charge in [0.2, 0.25) is 0 Å². The quantitative estimate of drug-likeness (QED) is 0.757. The van der Waals surface area contributed by atoms with Crippen LogP contribution in [0.2, 0.25) is 5.02 Å². The lowest BCUT2D eigenvalue weighted by Crippen LogP contribution is -2.30. The highest BCUT2D eigenvalue weighted by atomic mass is 35.5. The summed E-state index contributed by atoms with van der Waals surface area (Å²) in [7, 11) is 1.48. The average Bonchev–Trinajstić information content (AvgIpc) is 2.56. The first kappa shape index (κ1) is 17.1. The van der Waals surface area contributed by atoms with E-state index in [0.717, 1.165) is 5.56 Å². The topological polar surface area (TPSA) is 78.8 Å². The van der Waals surface area contributed by atoms with Crippen molar-refractivity contribution >= 4 is 17.5 Å². The second-order valence-corrected chi connectivity index (χ2v) is 5.44. The molecule has 0 aromatic heterocycles. The van der Waals surface area contributed by atoms with Crippen LogP contribution in [0.5, 0.6) is 11.5 Å². The zero-order valence-electron chi connectivity index (χ0n) is 12.6. The van der Waals surface area contributed by atoms with Crippen LogP contribution in [-0.4, -0.2) is 29.8 Å². The maximum absolute atomic E-state index is 11.9. The van der Waals surface area contributed by atoms with Gasteiger partial charge in [0.15, 0.2) is 17.6 Å². The molecule has 0 fully saturated rings. The summed E-state index contributed by atoms with van der Waals surface area (Å²) in [5, 5.41) is 22.7. The highest BCUT2D eigenvalue weighted by molar-refractivity contribution is 6.30. The van der Waals surface area contributed by atoms with E-state index in [0.29, 0.717) is 29.3 Å². The molecule has 122 valence electrons. The van der Waals surface area contributed by atoms with Crippen molar-refractivity contribution in [1.82, 2.24) is 5.32 Å². The number of benzene rings is 2. The average molecular weight is 336 g/mol. The second kappa shape index (κ2) is 7.85. The Kier molecular flexibility index (Phi) is 5.84. The Bertz CT molecular complexity index is 673. The minimum atomic E-state index is -1.23. The summed E-state index contributed by atoms with van der Waals surface area (Å²) < 4.78 is 5.03. The molecule has 0 heterocycles. The summed E-state index contributed by atoms with van der Waals surface area (Å²) in [5.74, 6) is -0.0217. The van der Waals surface area contributed by atoms with Crippen molar-refractivity contribution in [2.45, 2.75) is 12.5 Å². The van der Waals surface area contributed by atoms with E-state index in [2.05, 4.69) is 5.32 Å². The SMILES string of the molecule is COc1cc(CCNC(=O)C(O)c2ccc(Cl)cc2)ccc1O. The second-order valence-electron chi connectivity index (χ2n) is 5.00. The number of phenols is 1. The van der Waals surface area contributed by atoms with E-state index in [-0.39, 0.29) is 5.75 Å². The third kappa shape index (κ3) is 4.61. The van der Waals surface area contributed by atoms with Crippen molar-refractivity contribution in [2.75, 3.05) is 13.7 Å². The van der Waals surface area contributed by atoms with E-state index in [9.17, 15) is 15.0 Å². The summed E-state index contributed by atoms with van der Waals surface area (Å²) in [6.45, 7) is 0.359. The molecule has 6 heteroatoms. The molecule has 0 saturated heterocycles. The van der Waals surface area contributed by atoms with Crippen molar-refractivity contribution in [3.63, 3.8) is 0 Å². The number of nitrogens with one attached hydrogen (secondary N) is 1. The number of hydrogen-bond donors (Lipinski definition) is 3. The molecule has 0 aliphatic heterocycles. The van der Waals surface area contributed by atoms with Crippen molar-refractivity contribution in [3.8, 4) is 11.5 Å². The summed E-state index contributed by atoms with van der Waals surface area (Å²) in [5.41, 5.74) is 1.39. The van der Waals surface area contributed by atoms with E-state index in [4.69, 9.17) is 16.3 Å². The van der Waals surface area contributed by atoms with Crippen LogP contribution in [0, 0.1) is 0 Å². The molecule has 23 heavy (non-hydrogen) atoms. The van der Waals surface area contributed by atoms with Crippen LogP contribution in [0.15, 0.2) is 42.5 Å². The van der Waals surface area contributed by atoms with Gasteiger partial charge < -0.3 is 20.3 Å². The van der Waals surface area contributed by atoms with E-state index in [1.807, 2.05) is 0 Å². The van der Waals surface area contributed by atoms with Gasteiger partial charge in [-0.15, -0.1) is 0 Å². The van der Waals surface area contributed by atoms with E-state index < -0.39 is 12.0 Å². The van der Waals surface area contributed by atoms with Crippen LogP contribution in [0.25, 0.3) is 0 Å². The normalized spacial score (nSPS) is 11.8. The number of methoxy groups -OCH3 is 1. The number of amides is 1. The Morgan fingerprint density at radius 3 is 2.61 bits per heavy atom. The minimum Gasteiger partial charge on any atom is -0.504 e. The zero-order chi connectivity index (χ0) is 16.8. The lowest BCUT2D eigenvalue weighted by Gasteiger charge is -2.12. The molecular weight excluding hydrogens is 318 g/mol. The summed E-state index contributed by atoms with van der Waals surface area (Å²) in [6, 6.07) is 11.5. The van der Waals surface area contributed by atoms with Gasteiger partial charge in [0, 0.05) is 11.6 Å². The number of aliphatic hydroxyl groups is 1. The number of ether oxygens (including phenoxy) is 1.